The summed E-state index contributed by atoms with van der Waals surface area (Å²) in [6, 6.07) is 20.1. The number of nitrogens with one attached hydrogen (secondary N) is 1. The summed E-state index contributed by atoms with van der Waals surface area (Å²) in [7, 11) is 1.53. The molecule has 0 atom stereocenters. The molecule has 9 heteroatoms. The number of amides is 2. The van der Waals surface area contributed by atoms with Crippen molar-refractivity contribution in [3.05, 3.63) is 89.5 Å². The highest BCUT2D eigenvalue weighted by Crippen LogP contribution is 2.19. The summed E-state index contributed by atoms with van der Waals surface area (Å²) < 4.78 is 16.4. The van der Waals surface area contributed by atoms with Gasteiger partial charge in [-0.2, -0.15) is 0 Å². The number of nitrogens with zero attached hydrogens (tertiary/aromatic N) is 1. The Labute approximate surface area is 253 Å². The average Bonchev–Trinajstić information content (AvgIpc) is 3.02. The van der Waals surface area contributed by atoms with Crippen molar-refractivity contribution in [2.24, 2.45) is 0 Å². The number of hydrogen-bond donors (Lipinski definition) is 1. The summed E-state index contributed by atoms with van der Waals surface area (Å²) in [5.74, 6) is 0.144. The molecule has 43 heavy (non-hydrogen) atoms. The molecule has 0 aliphatic rings. The minimum atomic E-state index is -0.502. The van der Waals surface area contributed by atoms with Crippen LogP contribution < -0.4 is 19.5 Å². The van der Waals surface area contributed by atoms with Gasteiger partial charge in [0.05, 0.1) is 25.8 Å². The van der Waals surface area contributed by atoms with Crippen molar-refractivity contribution >= 4 is 23.6 Å². The van der Waals surface area contributed by atoms with Crippen LogP contribution in [0.3, 0.4) is 0 Å². The maximum atomic E-state index is 13.3. The number of esters is 1. The highest BCUT2D eigenvalue weighted by Gasteiger charge is 2.20. The third-order valence-electron chi connectivity index (χ3n) is 6.61. The monoisotopic (exact) mass is 588 g/mol. The molecule has 2 amide bonds. The van der Waals surface area contributed by atoms with Gasteiger partial charge < -0.3 is 24.4 Å². The van der Waals surface area contributed by atoms with Gasteiger partial charge in [0.2, 0.25) is 5.91 Å². The fraction of sp³-hybridized carbons (Fsp3) is 0.353. The van der Waals surface area contributed by atoms with Gasteiger partial charge in [-0.3, -0.25) is 14.4 Å². The van der Waals surface area contributed by atoms with E-state index in [9.17, 15) is 19.2 Å². The Morgan fingerprint density at radius 1 is 0.744 bits per heavy atom. The Kier molecular flexibility index (Phi) is 13.2. The third-order valence-corrected chi connectivity index (χ3v) is 6.61. The summed E-state index contributed by atoms with van der Waals surface area (Å²) in [5, 5.41) is 2.52. The minimum absolute atomic E-state index is 0.113. The number of ketones is 1. The number of carbonyl (C=O) groups excluding carboxylic acids is 4. The van der Waals surface area contributed by atoms with Crippen LogP contribution in [0.1, 0.15) is 72.2 Å². The van der Waals surface area contributed by atoms with Crippen LogP contribution >= 0.6 is 0 Å². The van der Waals surface area contributed by atoms with Crippen molar-refractivity contribution in [3.63, 3.8) is 0 Å². The van der Waals surface area contributed by atoms with E-state index in [1.807, 2.05) is 0 Å². The van der Waals surface area contributed by atoms with Gasteiger partial charge in [0.1, 0.15) is 29.6 Å². The molecule has 0 radical (unpaired) electrons. The van der Waals surface area contributed by atoms with Gasteiger partial charge in [0, 0.05) is 12.1 Å². The summed E-state index contributed by atoms with van der Waals surface area (Å²) in [6.07, 6.45) is 5.80. The van der Waals surface area contributed by atoms with E-state index >= 15 is 0 Å². The molecule has 9 nitrogen and oxygen atoms in total. The molecule has 3 aromatic carbocycles. The van der Waals surface area contributed by atoms with E-state index in [0.29, 0.717) is 35.0 Å². The Balaban J connectivity index is 1.59. The number of methoxy groups -OCH3 is 1. The van der Waals surface area contributed by atoms with Crippen LogP contribution in [0, 0.1) is 0 Å². The molecule has 0 saturated heterocycles. The van der Waals surface area contributed by atoms with Gasteiger partial charge in [-0.1, -0.05) is 44.7 Å². The average molecular weight is 589 g/mol. The van der Waals surface area contributed by atoms with Crippen LogP contribution in [0.15, 0.2) is 72.8 Å². The number of carbonyl (C=O) groups is 4. The summed E-state index contributed by atoms with van der Waals surface area (Å²) >= 11 is 0. The molecule has 0 aliphatic heterocycles. The fourth-order valence-electron chi connectivity index (χ4n) is 4.20. The van der Waals surface area contributed by atoms with E-state index < -0.39 is 11.9 Å². The molecule has 1 N–H and O–H groups in total. The topological polar surface area (TPSA) is 111 Å². The number of unbranched alkanes of at least 4 members (excludes halogenated alkanes) is 4. The Hall–Kier alpha value is -4.66. The zero-order chi connectivity index (χ0) is 31.0. The predicted octanol–water partition coefficient (Wildman–Crippen LogP) is 5.61. The van der Waals surface area contributed by atoms with Crippen molar-refractivity contribution < 1.29 is 33.4 Å². The van der Waals surface area contributed by atoms with Crippen molar-refractivity contribution in [3.8, 4) is 17.2 Å². The first kappa shape index (κ1) is 32.8. The van der Waals surface area contributed by atoms with E-state index in [1.165, 1.54) is 38.2 Å². The van der Waals surface area contributed by atoms with Gasteiger partial charge in [0.25, 0.3) is 5.91 Å². The van der Waals surface area contributed by atoms with Gasteiger partial charge in [-0.15, -0.1) is 0 Å². The molecular formula is C34H40N2O7. The highest BCUT2D eigenvalue weighted by atomic mass is 16.5. The van der Waals surface area contributed by atoms with Gasteiger partial charge in [-0.25, -0.2) is 4.79 Å². The van der Waals surface area contributed by atoms with Crippen LogP contribution in [0.4, 0.5) is 0 Å². The van der Waals surface area contributed by atoms with Crippen molar-refractivity contribution in [2.45, 2.75) is 52.5 Å². The third kappa shape index (κ3) is 11.3. The van der Waals surface area contributed by atoms with E-state index in [4.69, 9.17) is 14.2 Å². The lowest BCUT2D eigenvalue weighted by atomic mass is 10.1. The zero-order valence-electron chi connectivity index (χ0n) is 25.1. The molecule has 0 bridgehead atoms. The molecule has 0 aromatic heterocycles. The van der Waals surface area contributed by atoms with E-state index in [2.05, 4.69) is 12.2 Å². The zero-order valence-corrected chi connectivity index (χ0v) is 25.1. The number of Topliss-reactive ketones (excluding diaryl/α,β-unsaturated/α-hetero) is 1. The molecule has 0 heterocycles. The van der Waals surface area contributed by atoms with Crippen molar-refractivity contribution in [2.75, 3.05) is 26.8 Å². The van der Waals surface area contributed by atoms with E-state index in [-0.39, 0.29) is 31.3 Å². The van der Waals surface area contributed by atoms with Crippen LogP contribution in [-0.4, -0.2) is 55.3 Å². The summed E-state index contributed by atoms with van der Waals surface area (Å²) in [4.78, 5) is 51.1. The van der Waals surface area contributed by atoms with Crippen LogP contribution in [-0.2, 0) is 16.1 Å². The lowest BCUT2D eigenvalue weighted by Gasteiger charge is -2.22. The Morgan fingerprint density at radius 2 is 1.35 bits per heavy atom. The second kappa shape index (κ2) is 17.3. The summed E-state index contributed by atoms with van der Waals surface area (Å²) in [5.41, 5.74) is 1.50. The highest BCUT2D eigenvalue weighted by molar-refractivity contribution is 5.97. The first-order valence-electron chi connectivity index (χ1n) is 14.5. The molecule has 0 aliphatic carbocycles. The molecular weight excluding hydrogens is 548 g/mol. The van der Waals surface area contributed by atoms with Crippen LogP contribution in [0.5, 0.6) is 17.2 Å². The van der Waals surface area contributed by atoms with E-state index in [0.717, 1.165) is 18.4 Å². The molecule has 3 rings (SSSR count). The SMILES string of the molecule is CCCCCCCOc1ccc(C(=O)Oc2ccc(CN(CC(=O)NCC(C)=O)C(=O)c3ccc(OC)cc3)cc2)cc1. The quantitative estimate of drug-likeness (QED) is 0.124. The second-order valence-corrected chi connectivity index (χ2v) is 10.2. The molecule has 0 spiro atoms. The molecule has 0 unspecified atom stereocenters. The first-order chi connectivity index (χ1) is 20.8. The normalized spacial score (nSPS) is 10.5. The second-order valence-electron chi connectivity index (χ2n) is 10.2. The van der Waals surface area contributed by atoms with Gasteiger partial charge in [0.15, 0.2) is 0 Å². The molecule has 0 fully saturated rings. The van der Waals surface area contributed by atoms with Gasteiger partial charge in [-0.05, 0) is 79.6 Å². The molecule has 3 aromatic rings. The lowest BCUT2D eigenvalue weighted by Crippen LogP contribution is -2.41. The molecule has 228 valence electrons. The number of rotatable bonds is 17. The van der Waals surface area contributed by atoms with Crippen molar-refractivity contribution in [1.29, 1.82) is 0 Å². The lowest BCUT2D eigenvalue weighted by molar-refractivity contribution is -0.125. The first-order valence-corrected chi connectivity index (χ1v) is 14.5. The van der Waals surface area contributed by atoms with Crippen LogP contribution in [0.2, 0.25) is 0 Å². The molecule has 0 saturated carbocycles. The minimum Gasteiger partial charge on any atom is -0.497 e. The fourth-order valence-corrected chi connectivity index (χ4v) is 4.20. The van der Waals surface area contributed by atoms with E-state index in [1.54, 1.807) is 72.8 Å². The summed E-state index contributed by atoms with van der Waals surface area (Å²) in [6.45, 7) is 3.96. The van der Waals surface area contributed by atoms with Gasteiger partial charge >= 0.3 is 5.97 Å². The van der Waals surface area contributed by atoms with Crippen molar-refractivity contribution in [1.82, 2.24) is 10.2 Å². The number of ether oxygens (including phenoxy) is 3. The smallest absolute Gasteiger partial charge is 0.343 e. The number of hydrogen-bond acceptors (Lipinski definition) is 7. The largest absolute Gasteiger partial charge is 0.497 e. The maximum absolute atomic E-state index is 13.3. The maximum Gasteiger partial charge on any atom is 0.343 e. The Bertz CT molecular complexity index is 1340. The standard InChI is InChI=1S/C34H40N2O7/c1-4-5-6-7-8-21-42-30-19-13-28(14-20-30)34(40)43-31-15-9-26(10-16-31)23-36(24-32(38)35-22-25(2)37)33(39)27-11-17-29(41-3)18-12-27/h9-20H,4-8,21-24H2,1-3H3,(H,35,38). The number of benzene rings is 3. The van der Waals surface area contributed by atoms with Crippen LogP contribution in [0.25, 0.3) is 0 Å². The predicted molar refractivity (Wildman–Crippen MR) is 164 cm³/mol. The Morgan fingerprint density at radius 3 is 1.98 bits per heavy atom.